The zero-order valence-electron chi connectivity index (χ0n) is 49.3. The average molecular weight is 1060 g/mol. The van der Waals surface area contributed by atoms with Gasteiger partial charge in [-0.3, -0.25) is 14.2 Å². The maximum atomic E-state index is 12.8. The van der Waals surface area contributed by atoms with E-state index in [9.17, 15) is 19.0 Å². The molecule has 10 heteroatoms. The van der Waals surface area contributed by atoms with Crippen LogP contribution in [0.3, 0.4) is 0 Å². The standard InChI is InChI=1S/C64H120NO8P/c1-6-8-10-12-14-16-18-20-22-24-25-26-27-28-29-30-31-32-33-34-35-36-37-38-39-41-43-45-47-49-51-53-55-57-64(67)73-62(61-72-74(68,69)71-59-58-65(3,4)5)60-70-63(66)56-54-52-50-48-46-44-42-40-23-21-19-17-15-13-11-9-7-2/h15,17-18,20-21,23-25,62H,6-14,16,19,22,26-61H2,1-5H3/b17-15-,20-18-,23-21-,25-24-. The molecule has 0 fully saturated rings. The summed E-state index contributed by atoms with van der Waals surface area (Å²) in [6.07, 6.45) is 70.3. The molecule has 0 N–H and O–H groups in total. The lowest BCUT2D eigenvalue weighted by Crippen LogP contribution is -2.37. The number of allylic oxidation sites excluding steroid dienone is 8. The third-order valence-corrected chi connectivity index (χ3v) is 14.8. The maximum absolute atomic E-state index is 12.8. The van der Waals surface area contributed by atoms with Crippen molar-refractivity contribution < 1.29 is 42.1 Å². The fraction of sp³-hybridized carbons (Fsp3) is 0.844. The summed E-state index contributed by atoms with van der Waals surface area (Å²) in [5.41, 5.74) is 0. The summed E-state index contributed by atoms with van der Waals surface area (Å²) in [5.74, 6) is -0.831. The van der Waals surface area contributed by atoms with Gasteiger partial charge in [0.25, 0.3) is 7.82 Å². The van der Waals surface area contributed by atoms with Crippen molar-refractivity contribution in [2.24, 2.45) is 0 Å². The zero-order chi connectivity index (χ0) is 54.2. The van der Waals surface area contributed by atoms with Gasteiger partial charge in [-0.15, -0.1) is 0 Å². The van der Waals surface area contributed by atoms with E-state index in [1.54, 1.807) is 0 Å². The third-order valence-electron chi connectivity index (χ3n) is 13.8. The number of hydrogen-bond acceptors (Lipinski definition) is 8. The first-order valence-electron chi connectivity index (χ1n) is 31.3. The predicted molar refractivity (Wildman–Crippen MR) is 314 cm³/mol. The number of rotatable bonds is 58. The molecule has 0 aromatic rings. The summed E-state index contributed by atoms with van der Waals surface area (Å²) >= 11 is 0. The molecule has 74 heavy (non-hydrogen) atoms. The van der Waals surface area contributed by atoms with Crippen LogP contribution in [-0.2, 0) is 32.7 Å². The molecule has 434 valence electrons. The quantitative estimate of drug-likeness (QED) is 0.0195. The smallest absolute Gasteiger partial charge is 0.306 e. The Labute approximate surface area is 458 Å². The lowest BCUT2D eigenvalue weighted by molar-refractivity contribution is -0.870. The second kappa shape index (κ2) is 55.7. The van der Waals surface area contributed by atoms with E-state index in [0.29, 0.717) is 17.4 Å². The van der Waals surface area contributed by atoms with Crippen molar-refractivity contribution in [3.8, 4) is 0 Å². The van der Waals surface area contributed by atoms with Gasteiger partial charge in [0.15, 0.2) is 6.10 Å². The summed E-state index contributed by atoms with van der Waals surface area (Å²) in [6.45, 7) is 4.23. The van der Waals surface area contributed by atoms with Crippen molar-refractivity contribution in [3.63, 3.8) is 0 Å². The second-order valence-corrected chi connectivity index (χ2v) is 23.8. The fourth-order valence-electron chi connectivity index (χ4n) is 8.95. The minimum absolute atomic E-state index is 0.0314. The number of unbranched alkanes of at least 4 members (excludes halogenated alkanes) is 36. The van der Waals surface area contributed by atoms with Crippen LogP contribution in [0.5, 0.6) is 0 Å². The Balaban J connectivity index is 4.01. The highest BCUT2D eigenvalue weighted by atomic mass is 31.2. The molecule has 0 aromatic heterocycles. The van der Waals surface area contributed by atoms with Crippen molar-refractivity contribution in [2.75, 3.05) is 47.5 Å². The van der Waals surface area contributed by atoms with Crippen molar-refractivity contribution in [2.45, 2.75) is 302 Å². The maximum Gasteiger partial charge on any atom is 0.306 e. The first-order chi connectivity index (χ1) is 36.0. The minimum Gasteiger partial charge on any atom is -0.756 e. The highest BCUT2D eigenvalue weighted by Crippen LogP contribution is 2.38. The summed E-state index contributed by atoms with van der Waals surface area (Å²) in [7, 11) is 1.17. The monoisotopic (exact) mass is 1060 g/mol. The average Bonchev–Trinajstić information content (AvgIpc) is 3.36. The van der Waals surface area contributed by atoms with Crippen LogP contribution in [0.15, 0.2) is 48.6 Å². The number of hydrogen-bond donors (Lipinski definition) is 0. The molecular formula is C64H120NO8P. The Morgan fingerprint density at radius 3 is 1.09 bits per heavy atom. The Morgan fingerprint density at radius 2 is 0.730 bits per heavy atom. The van der Waals surface area contributed by atoms with Gasteiger partial charge in [0, 0.05) is 12.8 Å². The molecule has 0 saturated heterocycles. The molecule has 0 rings (SSSR count). The molecule has 0 aliphatic carbocycles. The Hall–Kier alpha value is -2.03. The van der Waals surface area contributed by atoms with E-state index in [4.69, 9.17) is 18.5 Å². The van der Waals surface area contributed by atoms with Crippen LogP contribution in [0.4, 0.5) is 0 Å². The highest BCUT2D eigenvalue weighted by Gasteiger charge is 2.22. The summed E-state index contributed by atoms with van der Waals surface area (Å²) < 4.78 is 34.2. The number of esters is 2. The van der Waals surface area contributed by atoms with Crippen LogP contribution in [-0.4, -0.2) is 70.0 Å². The summed E-state index contributed by atoms with van der Waals surface area (Å²) in [5, 5.41) is 0. The molecule has 0 bridgehead atoms. The number of ether oxygens (including phenoxy) is 2. The molecular weight excluding hydrogens is 942 g/mol. The molecule has 0 aromatic carbocycles. The van der Waals surface area contributed by atoms with Crippen LogP contribution in [0, 0.1) is 0 Å². The Bertz CT molecular complexity index is 1390. The molecule has 0 heterocycles. The van der Waals surface area contributed by atoms with Gasteiger partial charge in [0.1, 0.15) is 19.8 Å². The van der Waals surface area contributed by atoms with Crippen LogP contribution < -0.4 is 4.89 Å². The molecule has 2 atom stereocenters. The third kappa shape index (κ3) is 59.2. The van der Waals surface area contributed by atoms with E-state index in [1.807, 2.05) is 21.1 Å². The van der Waals surface area contributed by atoms with Crippen molar-refractivity contribution in [3.05, 3.63) is 48.6 Å². The van der Waals surface area contributed by atoms with Gasteiger partial charge >= 0.3 is 11.9 Å². The van der Waals surface area contributed by atoms with Crippen molar-refractivity contribution in [1.29, 1.82) is 0 Å². The Morgan fingerprint density at radius 1 is 0.419 bits per heavy atom. The topological polar surface area (TPSA) is 111 Å². The van der Waals surface area contributed by atoms with E-state index >= 15 is 0 Å². The number of nitrogens with zero attached hydrogens (tertiary/aromatic N) is 1. The molecule has 0 aliphatic rings. The largest absolute Gasteiger partial charge is 0.756 e. The van der Waals surface area contributed by atoms with Gasteiger partial charge in [-0.1, -0.05) is 255 Å². The summed E-state index contributed by atoms with van der Waals surface area (Å²) in [6, 6.07) is 0. The normalized spacial score (nSPS) is 13.5. The van der Waals surface area contributed by atoms with Gasteiger partial charge in [0.2, 0.25) is 0 Å². The first kappa shape index (κ1) is 72.0. The minimum atomic E-state index is -4.64. The van der Waals surface area contributed by atoms with E-state index in [-0.39, 0.29) is 32.0 Å². The van der Waals surface area contributed by atoms with Crippen LogP contribution in [0.25, 0.3) is 0 Å². The van der Waals surface area contributed by atoms with Crippen LogP contribution in [0.2, 0.25) is 0 Å². The highest BCUT2D eigenvalue weighted by molar-refractivity contribution is 7.45. The summed E-state index contributed by atoms with van der Waals surface area (Å²) in [4.78, 5) is 37.9. The number of likely N-dealkylation sites (N-methyl/N-ethyl adjacent to an activating group) is 1. The van der Waals surface area contributed by atoms with Gasteiger partial charge in [-0.2, -0.15) is 0 Å². The Kier molecular flexibility index (Phi) is 54.2. The van der Waals surface area contributed by atoms with E-state index in [2.05, 4.69) is 62.5 Å². The van der Waals surface area contributed by atoms with Crippen LogP contribution >= 0.6 is 7.82 Å². The molecule has 0 aliphatic heterocycles. The van der Waals surface area contributed by atoms with Gasteiger partial charge in [-0.05, 0) is 77.0 Å². The fourth-order valence-corrected chi connectivity index (χ4v) is 9.68. The van der Waals surface area contributed by atoms with Crippen molar-refractivity contribution in [1.82, 2.24) is 0 Å². The predicted octanol–water partition coefficient (Wildman–Crippen LogP) is 19.1. The van der Waals surface area contributed by atoms with Gasteiger partial charge < -0.3 is 27.9 Å². The first-order valence-corrected chi connectivity index (χ1v) is 32.8. The number of quaternary nitrogens is 1. The molecule has 0 saturated carbocycles. The molecule has 0 spiro atoms. The molecule has 9 nitrogen and oxygen atoms in total. The molecule has 2 unspecified atom stereocenters. The second-order valence-electron chi connectivity index (χ2n) is 22.4. The molecule has 0 radical (unpaired) electrons. The van der Waals surface area contributed by atoms with E-state index < -0.39 is 26.5 Å². The van der Waals surface area contributed by atoms with Gasteiger partial charge in [0.05, 0.1) is 27.7 Å². The lowest BCUT2D eigenvalue weighted by Gasteiger charge is -2.28. The zero-order valence-corrected chi connectivity index (χ0v) is 50.2. The van der Waals surface area contributed by atoms with Crippen LogP contribution in [0.1, 0.15) is 296 Å². The van der Waals surface area contributed by atoms with Crippen molar-refractivity contribution >= 4 is 19.8 Å². The number of phosphoric acid groups is 1. The lowest BCUT2D eigenvalue weighted by atomic mass is 10.0. The number of carbonyl (C=O) groups is 2. The van der Waals surface area contributed by atoms with E-state index in [0.717, 1.165) is 57.8 Å². The van der Waals surface area contributed by atoms with Gasteiger partial charge in [-0.25, -0.2) is 0 Å². The van der Waals surface area contributed by atoms with E-state index in [1.165, 1.54) is 205 Å². The number of phosphoric ester groups is 1. The number of carbonyl (C=O) groups excluding carboxylic acids is 2. The SMILES string of the molecule is CCCCC/C=C\C/C=C\CCCCCCCCCC(=O)OCC(COP(=O)([O-])OCC[N+](C)(C)C)OC(=O)CCCCCCCCCCCCCCCCCCCCCCC/C=C\C/C=C\CCCCCCC. The molecule has 0 amide bonds.